The Hall–Kier alpha value is -2.03. The highest BCUT2D eigenvalue weighted by Gasteiger charge is 2.22. The van der Waals surface area contributed by atoms with Gasteiger partial charge in [0.1, 0.15) is 11.4 Å². The fraction of sp³-hybridized carbons (Fsp3) is 0.353. The minimum Gasteiger partial charge on any atom is -0.341 e. The Balaban J connectivity index is 1.64. The molecule has 0 saturated carbocycles. The number of carbonyl (C=O) groups is 1. The number of carbonyl (C=O) groups excluding carboxylic acids is 1. The summed E-state index contributed by atoms with van der Waals surface area (Å²) in [5.74, 6) is -0.0527. The first-order chi connectivity index (χ1) is 12.1. The molecule has 0 radical (unpaired) electrons. The molecule has 0 unspecified atom stereocenters. The van der Waals surface area contributed by atoms with Gasteiger partial charge in [-0.05, 0) is 24.3 Å². The van der Waals surface area contributed by atoms with E-state index in [1.165, 1.54) is 22.2 Å². The van der Waals surface area contributed by atoms with Crippen molar-refractivity contribution >= 4 is 38.8 Å². The third-order valence-electron chi connectivity index (χ3n) is 4.55. The molecule has 3 aromatic rings. The monoisotopic (exact) mass is 374 g/mol. The van der Waals surface area contributed by atoms with Crippen LogP contribution >= 0.6 is 22.7 Å². The van der Waals surface area contributed by atoms with Crippen molar-refractivity contribution in [2.45, 2.75) is 25.4 Å². The van der Waals surface area contributed by atoms with Gasteiger partial charge in [0.2, 0.25) is 5.91 Å². The van der Waals surface area contributed by atoms with Gasteiger partial charge in [-0.3, -0.25) is 14.2 Å². The van der Waals surface area contributed by atoms with Gasteiger partial charge in [0, 0.05) is 35.0 Å². The van der Waals surface area contributed by atoms with Crippen molar-refractivity contribution in [3.63, 3.8) is 0 Å². The fourth-order valence-electron chi connectivity index (χ4n) is 3.09. The zero-order valence-electron chi connectivity index (χ0n) is 13.6. The first-order valence-electron chi connectivity index (χ1n) is 8.17. The number of nitrogens with two attached hydrogens (primary N) is 1. The van der Waals surface area contributed by atoms with E-state index in [-0.39, 0.29) is 24.1 Å². The molecule has 1 aliphatic rings. The van der Waals surface area contributed by atoms with Gasteiger partial charge >= 0.3 is 0 Å². The highest BCUT2D eigenvalue weighted by molar-refractivity contribution is 7.18. The van der Waals surface area contributed by atoms with Crippen LogP contribution < -0.4 is 11.3 Å². The Bertz CT molecular complexity index is 953. The van der Waals surface area contributed by atoms with Crippen LogP contribution in [0.5, 0.6) is 0 Å². The number of piperidine rings is 1. The molecule has 0 atom stereocenters. The summed E-state index contributed by atoms with van der Waals surface area (Å²) < 4.78 is 1.42. The number of rotatable bonds is 3. The van der Waals surface area contributed by atoms with Gasteiger partial charge in [0.05, 0.1) is 11.7 Å². The lowest BCUT2D eigenvalue weighted by Gasteiger charge is -2.30. The molecule has 2 N–H and O–H groups in total. The molecule has 8 heteroatoms. The van der Waals surface area contributed by atoms with E-state index in [4.69, 9.17) is 5.73 Å². The first kappa shape index (κ1) is 16.4. The highest BCUT2D eigenvalue weighted by Crippen LogP contribution is 2.33. The topological polar surface area (TPSA) is 81.2 Å². The SMILES string of the molecule is NC1CCN(C(=O)Cn2cnc3scc(-c4cccs4)c3c2=O)CC1. The Morgan fingerprint density at radius 2 is 2.12 bits per heavy atom. The molecule has 4 rings (SSSR count). The largest absolute Gasteiger partial charge is 0.341 e. The summed E-state index contributed by atoms with van der Waals surface area (Å²) in [4.78, 5) is 33.3. The minimum absolute atomic E-state index is 0.0245. The zero-order chi connectivity index (χ0) is 17.4. The van der Waals surface area contributed by atoms with Gasteiger partial charge in [-0.2, -0.15) is 0 Å². The van der Waals surface area contributed by atoms with Crippen molar-refractivity contribution in [2.75, 3.05) is 13.1 Å². The van der Waals surface area contributed by atoms with Crippen LogP contribution in [0.25, 0.3) is 20.7 Å². The van der Waals surface area contributed by atoms with Crippen molar-refractivity contribution in [3.05, 3.63) is 39.6 Å². The van der Waals surface area contributed by atoms with E-state index in [1.54, 1.807) is 16.2 Å². The van der Waals surface area contributed by atoms with Crippen LogP contribution in [0, 0.1) is 0 Å². The Labute approximate surface area is 152 Å². The van der Waals surface area contributed by atoms with Crippen molar-refractivity contribution in [1.82, 2.24) is 14.5 Å². The second-order valence-corrected chi connectivity index (χ2v) is 8.01. The number of hydrogen-bond acceptors (Lipinski definition) is 6. The summed E-state index contributed by atoms with van der Waals surface area (Å²) >= 11 is 3.05. The van der Waals surface area contributed by atoms with Gasteiger partial charge < -0.3 is 10.6 Å². The van der Waals surface area contributed by atoms with Gasteiger partial charge in [-0.1, -0.05) is 6.07 Å². The van der Waals surface area contributed by atoms with Crippen LogP contribution in [0.1, 0.15) is 12.8 Å². The lowest BCUT2D eigenvalue weighted by Crippen LogP contribution is -2.44. The van der Waals surface area contributed by atoms with Gasteiger partial charge in [-0.15, -0.1) is 22.7 Å². The van der Waals surface area contributed by atoms with E-state index < -0.39 is 0 Å². The molecule has 6 nitrogen and oxygen atoms in total. The van der Waals surface area contributed by atoms with E-state index >= 15 is 0 Å². The second kappa shape index (κ2) is 6.70. The predicted molar refractivity (Wildman–Crippen MR) is 101 cm³/mol. The number of thiophene rings is 2. The number of hydrogen-bond donors (Lipinski definition) is 1. The van der Waals surface area contributed by atoms with Crippen molar-refractivity contribution in [3.8, 4) is 10.4 Å². The fourth-order valence-corrected chi connectivity index (χ4v) is 4.81. The summed E-state index contributed by atoms with van der Waals surface area (Å²) in [6.45, 7) is 1.34. The maximum absolute atomic E-state index is 12.9. The van der Waals surface area contributed by atoms with Crippen LogP contribution in [-0.2, 0) is 11.3 Å². The quantitative estimate of drug-likeness (QED) is 0.761. The van der Waals surface area contributed by atoms with Crippen LogP contribution in [-0.4, -0.2) is 39.5 Å². The standard InChI is InChI=1S/C17H18N4O2S2/c18-11-3-5-20(6-4-11)14(22)8-21-10-19-16-15(17(21)23)12(9-25-16)13-2-1-7-24-13/h1-2,7,9-11H,3-6,8,18H2. The lowest BCUT2D eigenvalue weighted by atomic mass is 10.1. The Kier molecular flexibility index (Phi) is 4.41. The van der Waals surface area contributed by atoms with Crippen molar-refractivity contribution < 1.29 is 4.79 Å². The molecule has 25 heavy (non-hydrogen) atoms. The average molecular weight is 374 g/mol. The molecule has 0 spiro atoms. The molecule has 4 heterocycles. The van der Waals surface area contributed by atoms with E-state index in [2.05, 4.69) is 4.98 Å². The maximum Gasteiger partial charge on any atom is 0.263 e. The summed E-state index contributed by atoms with van der Waals surface area (Å²) in [7, 11) is 0. The second-order valence-electron chi connectivity index (χ2n) is 6.20. The zero-order valence-corrected chi connectivity index (χ0v) is 15.2. The Morgan fingerprint density at radius 1 is 1.32 bits per heavy atom. The predicted octanol–water partition coefficient (Wildman–Crippen LogP) is 2.14. The molecule has 0 bridgehead atoms. The molecule has 0 aromatic carbocycles. The van der Waals surface area contributed by atoms with Crippen LogP contribution in [0.2, 0.25) is 0 Å². The highest BCUT2D eigenvalue weighted by atomic mass is 32.1. The Morgan fingerprint density at radius 3 is 2.84 bits per heavy atom. The lowest BCUT2D eigenvalue weighted by molar-refractivity contribution is -0.132. The number of likely N-dealkylation sites (tertiary alicyclic amines) is 1. The van der Waals surface area contributed by atoms with E-state index in [1.807, 2.05) is 22.9 Å². The number of amides is 1. The van der Waals surface area contributed by atoms with Gasteiger partial charge in [-0.25, -0.2) is 4.98 Å². The molecule has 1 amide bonds. The van der Waals surface area contributed by atoms with Crippen LogP contribution in [0.3, 0.4) is 0 Å². The van der Waals surface area contributed by atoms with Crippen LogP contribution in [0.15, 0.2) is 34.0 Å². The summed E-state index contributed by atoms with van der Waals surface area (Å²) in [5.41, 5.74) is 6.63. The third kappa shape index (κ3) is 3.12. The number of aromatic nitrogens is 2. The number of fused-ring (bicyclic) bond motifs is 1. The normalized spacial score (nSPS) is 15.8. The first-order valence-corrected chi connectivity index (χ1v) is 9.93. The molecular formula is C17H18N4O2S2. The molecule has 1 aliphatic heterocycles. The van der Waals surface area contributed by atoms with Gasteiger partial charge in [0.25, 0.3) is 5.56 Å². The molecule has 0 aliphatic carbocycles. The summed E-state index contributed by atoms with van der Waals surface area (Å²) in [6, 6.07) is 4.12. The third-order valence-corrected chi connectivity index (χ3v) is 6.33. The average Bonchev–Trinajstić information content (AvgIpc) is 3.27. The van der Waals surface area contributed by atoms with Crippen molar-refractivity contribution in [1.29, 1.82) is 0 Å². The minimum atomic E-state index is -0.156. The molecule has 130 valence electrons. The summed E-state index contributed by atoms with van der Waals surface area (Å²) in [5, 5.41) is 4.55. The maximum atomic E-state index is 12.9. The number of nitrogens with zero attached hydrogens (tertiary/aromatic N) is 3. The molecular weight excluding hydrogens is 356 g/mol. The van der Waals surface area contributed by atoms with Gasteiger partial charge in [0.15, 0.2) is 0 Å². The van der Waals surface area contributed by atoms with Crippen molar-refractivity contribution in [2.24, 2.45) is 5.73 Å². The summed E-state index contributed by atoms with van der Waals surface area (Å²) in [6.07, 6.45) is 3.10. The molecule has 3 aromatic heterocycles. The van der Waals surface area contributed by atoms with E-state index in [0.29, 0.717) is 23.3 Å². The van der Waals surface area contributed by atoms with Crippen LogP contribution in [0.4, 0.5) is 0 Å². The van der Waals surface area contributed by atoms with E-state index in [0.717, 1.165) is 23.3 Å². The smallest absolute Gasteiger partial charge is 0.263 e. The molecule has 1 saturated heterocycles. The molecule has 1 fully saturated rings. The van der Waals surface area contributed by atoms with E-state index in [9.17, 15) is 9.59 Å².